The number of nitrogens with one attached hydrogen (secondary N) is 1. The summed E-state index contributed by atoms with van der Waals surface area (Å²) in [7, 11) is 0. The Bertz CT molecular complexity index is 629. The van der Waals surface area contributed by atoms with Gasteiger partial charge in [-0.25, -0.2) is 9.78 Å². The largest absolute Gasteiger partial charge is 0.444 e. The van der Waals surface area contributed by atoms with Crippen LogP contribution in [0.4, 0.5) is 10.5 Å². The van der Waals surface area contributed by atoms with E-state index in [2.05, 4.69) is 22.1 Å². The Morgan fingerprint density at radius 1 is 1.55 bits per heavy atom. The molecule has 8 heteroatoms. The van der Waals surface area contributed by atoms with E-state index in [9.17, 15) is 14.9 Å². The first-order valence-corrected chi connectivity index (χ1v) is 6.82. The van der Waals surface area contributed by atoms with E-state index >= 15 is 0 Å². The maximum atomic E-state index is 11.4. The van der Waals surface area contributed by atoms with Gasteiger partial charge in [-0.3, -0.25) is 10.1 Å². The van der Waals surface area contributed by atoms with E-state index in [1.807, 2.05) is 0 Å². The van der Waals surface area contributed by atoms with Crippen molar-refractivity contribution in [1.82, 2.24) is 10.3 Å². The number of carbonyl (C=O) groups excluding carboxylic acids is 1. The molecule has 1 rings (SSSR count). The highest BCUT2D eigenvalue weighted by Gasteiger charge is 2.15. The third-order valence-corrected chi connectivity index (χ3v) is 2.46. The number of carbonyl (C=O) groups is 1. The Morgan fingerprint density at radius 2 is 2.23 bits per heavy atom. The monoisotopic (exact) mass is 325 g/mol. The predicted octanol–water partition coefficient (Wildman–Crippen LogP) is 2.91. The zero-order valence-corrected chi connectivity index (χ0v) is 13.2. The number of nitro groups is 1. The van der Waals surface area contributed by atoms with E-state index in [4.69, 9.17) is 16.3 Å². The number of alkyl carbamates (subject to hydrolysis) is 1. The number of pyridine rings is 1. The Hall–Kier alpha value is -2.33. The molecule has 0 spiro atoms. The van der Waals surface area contributed by atoms with E-state index in [-0.39, 0.29) is 10.8 Å². The molecular weight excluding hydrogens is 310 g/mol. The van der Waals surface area contributed by atoms with Crippen LogP contribution in [-0.4, -0.2) is 28.1 Å². The van der Waals surface area contributed by atoms with Gasteiger partial charge in [0.2, 0.25) is 5.15 Å². The van der Waals surface area contributed by atoms with Crippen molar-refractivity contribution in [3.8, 4) is 11.8 Å². The summed E-state index contributed by atoms with van der Waals surface area (Å²) in [5.41, 5.74) is -0.461. The molecule has 0 radical (unpaired) electrons. The van der Waals surface area contributed by atoms with Crippen molar-refractivity contribution < 1.29 is 14.5 Å². The lowest BCUT2D eigenvalue weighted by molar-refractivity contribution is -0.385. The van der Waals surface area contributed by atoms with Gasteiger partial charge in [-0.1, -0.05) is 23.4 Å². The minimum absolute atomic E-state index is 0.179. The van der Waals surface area contributed by atoms with Gasteiger partial charge in [0.25, 0.3) is 0 Å². The molecule has 0 bridgehead atoms. The van der Waals surface area contributed by atoms with Gasteiger partial charge in [-0.15, -0.1) is 0 Å². The molecule has 1 heterocycles. The van der Waals surface area contributed by atoms with Crippen molar-refractivity contribution in [1.29, 1.82) is 0 Å². The minimum atomic E-state index is -0.620. The Morgan fingerprint density at radius 3 is 2.82 bits per heavy atom. The summed E-state index contributed by atoms with van der Waals surface area (Å²) < 4.78 is 5.06. The molecule has 1 amide bonds. The van der Waals surface area contributed by atoms with Crippen molar-refractivity contribution >= 4 is 23.4 Å². The lowest BCUT2D eigenvalue weighted by atomic mass is 10.2. The molecule has 7 nitrogen and oxygen atoms in total. The Kier molecular flexibility index (Phi) is 6.13. The molecule has 22 heavy (non-hydrogen) atoms. The second kappa shape index (κ2) is 7.61. The fourth-order valence-corrected chi connectivity index (χ4v) is 1.51. The first kappa shape index (κ1) is 17.7. The first-order valence-electron chi connectivity index (χ1n) is 6.45. The van der Waals surface area contributed by atoms with Crippen molar-refractivity contribution in [3.63, 3.8) is 0 Å². The zero-order valence-electron chi connectivity index (χ0n) is 12.5. The molecule has 1 aromatic heterocycles. The molecule has 0 aliphatic heterocycles. The molecule has 0 saturated heterocycles. The highest BCUT2D eigenvalue weighted by Crippen LogP contribution is 2.21. The molecular formula is C14H16ClN3O4. The second-order valence-corrected chi connectivity index (χ2v) is 5.63. The Labute approximate surface area is 133 Å². The molecule has 118 valence electrons. The van der Waals surface area contributed by atoms with E-state index in [1.54, 1.807) is 20.8 Å². The van der Waals surface area contributed by atoms with Gasteiger partial charge in [-0.05, 0) is 20.8 Å². The van der Waals surface area contributed by atoms with Gasteiger partial charge < -0.3 is 10.1 Å². The molecule has 0 atom stereocenters. The van der Waals surface area contributed by atoms with Crippen LogP contribution in [-0.2, 0) is 4.74 Å². The van der Waals surface area contributed by atoms with Gasteiger partial charge in [-0.2, -0.15) is 0 Å². The van der Waals surface area contributed by atoms with E-state index in [1.165, 1.54) is 12.3 Å². The molecule has 0 fully saturated rings. The summed E-state index contributed by atoms with van der Waals surface area (Å²) in [5, 5.41) is 13.1. The summed E-state index contributed by atoms with van der Waals surface area (Å²) in [6.45, 7) is 5.62. The molecule has 0 aromatic carbocycles. The topological polar surface area (TPSA) is 94.4 Å². The van der Waals surface area contributed by atoms with Crippen LogP contribution in [0.1, 0.15) is 32.8 Å². The van der Waals surface area contributed by atoms with Crippen LogP contribution in [0.25, 0.3) is 0 Å². The quantitative estimate of drug-likeness (QED) is 0.303. The molecule has 1 aromatic rings. The average molecular weight is 326 g/mol. The number of rotatable bonds is 3. The van der Waals surface area contributed by atoms with E-state index in [0.29, 0.717) is 18.5 Å². The predicted molar refractivity (Wildman–Crippen MR) is 81.6 cm³/mol. The highest BCUT2D eigenvalue weighted by molar-refractivity contribution is 6.31. The van der Waals surface area contributed by atoms with Gasteiger partial charge in [0, 0.05) is 30.8 Å². The Balaban J connectivity index is 2.50. The van der Waals surface area contributed by atoms with Crippen LogP contribution in [0.2, 0.25) is 5.15 Å². The highest BCUT2D eigenvalue weighted by atomic mass is 35.5. The van der Waals surface area contributed by atoms with Crippen LogP contribution in [0, 0.1) is 22.0 Å². The third-order valence-electron chi connectivity index (χ3n) is 2.17. The van der Waals surface area contributed by atoms with Crippen LogP contribution >= 0.6 is 11.6 Å². The zero-order chi connectivity index (χ0) is 16.8. The van der Waals surface area contributed by atoms with Crippen LogP contribution in [0.3, 0.4) is 0 Å². The molecule has 0 aliphatic rings. The smallest absolute Gasteiger partial charge is 0.407 e. The van der Waals surface area contributed by atoms with Crippen LogP contribution in [0.5, 0.6) is 0 Å². The first-order chi connectivity index (χ1) is 10.2. The number of amides is 1. The number of hydrogen-bond acceptors (Lipinski definition) is 5. The van der Waals surface area contributed by atoms with Crippen LogP contribution in [0.15, 0.2) is 12.3 Å². The number of aromatic nitrogens is 1. The summed E-state index contributed by atoms with van der Waals surface area (Å²) >= 11 is 5.60. The van der Waals surface area contributed by atoms with Gasteiger partial charge in [0.1, 0.15) is 5.60 Å². The van der Waals surface area contributed by atoms with Gasteiger partial charge in [0.05, 0.1) is 4.92 Å². The fourth-order valence-electron chi connectivity index (χ4n) is 1.34. The van der Waals surface area contributed by atoms with E-state index in [0.717, 1.165) is 0 Å². The summed E-state index contributed by atoms with van der Waals surface area (Å²) in [6, 6.07) is 1.25. The number of hydrogen-bond donors (Lipinski definition) is 1. The van der Waals surface area contributed by atoms with Crippen molar-refractivity contribution in [2.45, 2.75) is 32.8 Å². The molecule has 1 N–H and O–H groups in total. The normalized spacial score (nSPS) is 10.4. The maximum absolute atomic E-state index is 11.4. The van der Waals surface area contributed by atoms with Crippen molar-refractivity contribution in [2.75, 3.05) is 6.54 Å². The summed E-state index contributed by atoms with van der Waals surface area (Å²) in [6.07, 6.45) is 1.21. The number of nitrogens with zero attached hydrogens (tertiary/aromatic N) is 2. The van der Waals surface area contributed by atoms with Gasteiger partial charge in [0.15, 0.2) is 0 Å². The second-order valence-electron chi connectivity index (χ2n) is 5.27. The number of ether oxygens (including phenoxy) is 1. The minimum Gasteiger partial charge on any atom is -0.444 e. The summed E-state index contributed by atoms with van der Waals surface area (Å²) in [4.78, 5) is 25.2. The average Bonchev–Trinajstić information content (AvgIpc) is 2.37. The fraction of sp³-hybridized carbons (Fsp3) is 0.429. The SMILES string of the molecule is CC(C)(C)OC(=O)NCCC#Cc1cnc(Cl)c([N+](=O)[O-])c1. The standard InChI is InChI=1S/C14H16ClN3O4/c1-14(2,3)22-13(19)16-7-5-4-6-10-8-11(18(20)21)12(15)17-9-10/h8-9H,5,7H2,1-3H3,(H,16,19). The molecule has 0 unspecified atom stereocenters. The molecule has 0 saturated carbocycles. The lowest BCUT2D eigenvalue weighted by Crippen LogP contribution is -2.32. The van der Waals surface area contributed by atoms with Crippen molar-refractivity contribution in [3.05, 3.63) is 33.1 Å². The lowest BCUT2D eigenvalue weighted by Gasteiger charge is -2.19. The number of halogens is 1. The van der Waals surface area contributed by atoms with Crippen LogP contribution < -0.4 is 5.32 Å². The molecule has 0 aliphatic carbocycles. The maximum Gasteiger partial charge on any atom is 0.407 e. The third kappa shape index (κ3) is 6.41. The van der Waals surface area contributed by atoms with E-state index < -0.39 is 16.6 Å². The van der Waals surface area contributed by atoms with Crippen molar-refractivity contribution in [2.24, 2.45) is 0 Å². The van der Waals surface area contributed by atoms with Gasteiger partial charge >= 0.3 is 11.8 Å². The summed E-state index contributed by atoms with van der Waals surface area (Å²) in [5.74, 6) is 5.50.